The predicted molar refractivity (Wildman–Crippen MR) is 88.0 cm³/mol. The largest absolute Gasteiger partial charge is 0.407 e. The Bertz CT molecular complexity index is 393. The van der Waals surface area contributed by atoms with Gasteiger partial charge in [0.15, 0.2) is 14.1 Å². The second-order valence-electron chi connectivity index (χ2n) is 6.51. The monoisotopic (exact) mass is 310 g/mol. The van der Waals surface area contributed by atoms with Gasteiger partial charge in [0.2, 0.25) is 0 Å². The van der Waals surface area contributed by atoms with E-state index in [1.807, 2.05) is 0 Å². The van der Waals surface area contributed by atoms with Crippen molar-refractivity contribution in [2.75, 3.05) is 0 Å². The van der Waals surface area contributed by atoms with E-state index < -0.39 is 8.32 Å². The van der Waals surface area contributed by atoms with E-state index >= 15 is 0 Å². The number of hydrogen-bond acceptors (Lipinski definition) is 3. The Labute approximate surface area is 130 Å². The number of ether oxygens (including phenoxy) is 1. The van der Waals surface area contributed by atoms with Gasteiger partial charge in [-0.15, -0.1) is 0 Å². The molecule has 0 aromatic carbocycles. The molecule has 0 aromatic heterocycles. The molecule has 3 atom stereocenters. The predicted octanol–water partition coefficient (Wildman–Crippen LogP) is 4.23. The Morgan fingerprint density at radius 2 is 1.90 bits per heavy atom. The highest BCUT2D eigenvalue weighted by molar-refractivity contribution is 6.73. The van der Waals surface area contributed by atoms with Crippen LogP contribution in [-0.4, -0.2) is 32.4 Å². The lowest BCUT2D eigenvalue weighted by Gasteiger charge is -2.32. The SMILES string of the molecule is CC[Si](CC)(CC)OC1CCC=C(C)CCC2O[C@H]2C1=O. The van der Waals surface area contributed by atoms with Crippen LogP contribution in [0, 0.1) is 0 Å². The normalized spacial score (nSPS) is 30.6. The minimum absolute atomic E-state index is 0.144. The number of carbonyl (C=O) groups is 1. The Morgan fingerprint density at radius 3 is 2.52 bits per heavy atom. The highest BCUT2D eigenvalue weighted by Crippen LogP contribution is 2.34. The van der Waals surface area contributed by atoms with Crippen molar-refractivity contribution in [3.8, 4) is 0 Å². The molecule has 0 aromatic rings. The molecule has 3 nitrogen and oxygen atoms in total. The molecule has 0 N–H and O–H groups in total. The van der Waals surface area contributed by atoms with Crippen LogP contribution >= 0.6 is 0 Å². The lowest BCUT2D eigenvalue weighted by Crippen LogP contribution is -2.44. The summed E-state index contributed by atoms with van der Waals surface area (Å²) in [5.74, 6) is 0.208. The molecule has 120 valence electrons. The van der Waals surface area contributed by atoms with Gasteiger partial charge in [-0.05, 0) is 50.7 Å². The number of ketones is 1. The molecule has 4 heteroatoms. The fourth-order valence-corrected chi connectivity index (χ4v) is 6.15. The average molecular weight is 311 g/mol. The first-order chi connectivity index (χ1) is 10.0. The fourth-order valence-electron chi connectivity index (χ4n) is 3.31. The van der Waals surface area contributed by atoms with E-state index in [1.54, 1.807) is 0 Å². The van der Waals surface area contributed by atoms with Gasteiger partial charge in [0.05, 0.1) is 6.10 Å². The van der Waals surface area contributed by atoms with E-state index in [-0.39, 0.29) is 24.1 Å². The first-order valence-corrected chi connectivity index (χ1v) is 11.1. The lowest BCUT2D eigenvalue weighted by molar-refractivity contribution is -0.127. The highest BCUT2D eigenvalue weighted by atomic mass is 28.4. The van der Waals surface area contributed by atoms with E-state index in [1.165, 1.54) is 5.57 Å². The summed E-state index contributed by atoms with van der Waals surface area (Å²) in [7, 11) is -1.74. The van der Waals surface area contributed by atoms with Crippen molar-refractivity contribution < 1.29 is 14.0 Å². The van der Waals surface area contributed by atoms with Gasteiger partial charge in [-0.25, -0.2) is 0 Å². The molecule has 2 unspecified atom stereocenters. The Kier molecular flexibility index (Phi) is 5.80. The number of epoxide rings is 1. The first kappa shape index (κ1) is 16.9. The Balaban J connectivity index is 2.11. The minimum Gasteiger partial charge on any atom is -0.407 e. The van der Waals surface area contributed by atoms with Crippen molar-refractivity contribution in [3.05, 3.63) is 11.6 Å². The summed E-state index contributed by atoms with van der Waals surface area (Å²) in [6, 6.07) is 3.27. The van der Waals surface area contributed by atoms with Crippen LogP contribution in [0.1, 0.15) is 53.4 Å². The van der Waals surface area contributed by atoms with E-state index in [0.717, 1.165) is 43.8 Å². The zero-order valence-electron chi connectivity index (χ0n) is 14.0. The Hall–Kier alpha value is -0.453. The van der Waals surface area contributed by atoms with Gasteiger partial charge in [0, 0.05) is 0 Å². The van der Waals surface area contributed by atoms with Gasteiger partial charge in [0.1, 0.15) is 12.2 Å². The molecule has 1 aliphatic heterocycles. The van der Waals surface area contributed by atoms with Crippen LogP contribution < -0.4 is 0 Å². The van der Waals surface area contributed by atoms with E-state index in [9.17, 15) is 4.79 Å². The minimum atomic E-state index is -1.74. The van der Waals surface area contributed by atoms with Crippen LogP contribution in [-0.2, 0) is 14.0 Å². The molecular formula is C17H30O3Si. The molecule has 0 radical (unpaired) electrons. The molecule has 1 aliphatic carbocycles. The molecule has 0 amide bonds. The van der Waals surface area contributed by atoms with Gasteiger partial charge in [-0.1, -0.05) is 32.4 Å². The molecular weight excluding hydrogens is 280 g/mol. The Morgan fingerprint density at radius 1 is 1.24 bits per heavy atom. The summed E-state index contributed by atoms with van der Waals surface area (Å²) < 4.78 is 12.1. The van der Waals surface area contributed by atoms with Crippen molar-refractivity contribution >= 4 is 14.1 Å². The maximum Gasteiger partial charge on any atom is 0.193 e. The second-order valence-corrected chi connectivity index (χ2v) is 11.2. The number of hydrogen-bond donors (Lipinski definition) is 0. The summed E-state index contributed by atoms with van der Waals surface area (Å²) in [5, 5.41) is 0. The molecule has 0 spiro atoms. The van der Waals surface area contributed by atoms with Crippen molar-refractivity contribution in [3.63, 3.8) is 0 Å². The fraction of sp³-hybridized carbons (Fsp3) is 0.824. The number of allylic oxidation sites excluding steroid dienone is 2. The summed E-state index contributed by atoms with van der Waals surface area (Å²) >= 11 is 0. The van der Waals surface area contributed by atoms with Crippen LogP contribution in [0.3, 0.4) is 0 Å². The number of Topliss-reactive ketones (excluding diaryl/α,β-unsaturated/α-hetero) is 1. The molecule has 2 rings (SSSR count). The summed E-state index contributed by atoms with van der Waals surface area (Å²) in [6.45, 7) is 8.82. The molecule has 1 fully saturated rings. The first-order valence-electron chi connectivity index (χ1n) is 8.57. The molecule has 1 saturated heterocycles. The standard InChI is InChI=1S/C17H30O3Si/c1-5-21(6-2,7-3)20-14-10-8-9-13(4)11-12-15-17(19-15)16(14)18/h9,14-15,17H,5-8,10-12H2,1-4H3/t14?,15?,17-/m1/s1. The maximum atomic E-state index is 12.7. The van der Waals surface area contributed by atoms with Crippen molar-refractivity contribution in [2.45, 2.75) is 89.8 Å². The van der Waals surface area contributed by atoms with Crippen molar-refractivity contribution in [2.24, 2.45) is 0 Å². The summed E-state index contributed by atoms with van der Waals surface area (Å²) in [4.78, 5) is 12.7. The molecule has 0 bridgehead atoms. The van der Waals surface area contributed by atoms with Crippen LogP contribution in [0.2, 0.25) is 18.1 Å². The van der Waals surface area contributed by atoms with E-state index in [2.05, 4.69) is 33.8 Å². The van der Waals surface area contributed by atoms with Crippen LogP contribution in [0.25, 0.3) is 0 Å². The average Bonchev–Trinajstić information content (AvgIpc) is 3.27. The van der Waals surface area contributed by atoms with Crippen LogP contribution in [0.5, 0.6) is 0 Å². The van der Waals surface area contributed by atoms with Crippen molar-refractivity contribution in [1.29, 1.82) is 0 Å². The highest BCUT2D eigenvalue weighted by Gasteiger charge is 2.48. The third-order valence-electron chi connectivity index (χ3n) is 5.25. The third kappa shape index (κ3) is 4.05. The zero-order valence-corrected chi connectivity index (χ0v) is 15.0. The van der Waals surface area contributed by atoms with Crippen LogP contribution in [0.4, 0.5) is 0 Å². The maximum absolute atomic E-state index is 12.7. The molecule has 0 saturated carbocycles. The third-order valence-corrected chi connectivity index (χ3v) is 9.90. The quantitative estimate of drug-likeness (QED) is 0.433. The van der Waals surface area contributed by atoms with Crippen molar-refractivity contribution in [1.82, 2.24) is 0 Å². The van der Waals surface area contributed by atoms with Gasteiger partial charge in [0.25, 0.3) is 0 Å². The number of fused-ring (bicyclic) bond motifs is 1. The van der Waals surface area contributed by atoms with Gasteiger partial charge < -0.3 is 9.16 Å². The summed E-state index contributed by atoms with van der Waals surface area (Å²) in [6.07, 6.45) is 5.79. The lowest BCUT2D eigenvalue weighted by atomic mass is 9.99. The smallest absolute Gasteiger partial charge is 0.193 e. The topological polar surface area (TPSA) is 38.8 Å². The zero-order chi connectivity index (χ0) is 15.5. The molecule has 2 aliphatic rings. The summed E-state index contributed by atoms with van der Waals surface area (Å²) in [5.41, 5.74) is 1.42. The van der Waals surface area contributed by atoms with E-state index in [4.69, 9.17) is 9.16 Å². The number of carbonyl (C=O) groups excluding carboxylic acids is 1. The number of rotatable bonds is 5. The molecule has 1 heterocycles. The van der Waals surface area contributed by atoms with Gasteiger partial charge >= 0.3 is 0 Å². The second kappa shape index (κ2) is 7.21. The van der Waals surface area contributed by atoms with Crippen LogP contribution in [0.15, 0.2) is 11.6 Å². The molecule has 21 heavy (non-hydrogen) atoms. The van der Waals surface area contributed by atoms with Gasteiger partial charge in [-0.2, -0.15) is 0 Å². The van der Waals surface area contributed by atoms with E-state index in [0.29, 0.717) is 0 Å². The van der Waals surface area contributed by atoms with Gasteiger partial charge in [-0.3, -0.25) is 4.79 Å².